The number of alkyl halides is 1. The van der Waals surface area contributed by atoms with E-state index in [1.807, 2.05) is 18.2 Å². The lowest BCUT2D eigenvalue weighted by atomic mass is 10.1. The molecule has 2 aromatic carbocycles. The van der Waals surface area contributed by atoms with Crippen LogP contribution in [0.15, 0.2) is 47.5 Å². The van der Waals surface area contributed by atoms with E-state index in [9.17, 15) is 4.79 Å². The number of nitrogens with zero attached hydrogens (tertiary/aromatic N) is 1. The normalized spacial score (nSPS) is 11.1. The van der Waals surface area contributed by atoms with Crippen LogP contribution in [0.2, 0.25) is 0 Å². The zero-order chi connectivity index (χ0) is 18.9. The van der Waals surface area contributed by atoms with E-state index in [4.69, 9.17) is 26.8 Å². The number of para-hydroxylation sites is 1. The first-order chi connectivity index (χ1) is 12.6. The highest BCUT2D eigenvalue weighted by Crippen LogP contribution is 2.27. The Bertz CT molecular complexity index is 793. The number of hydrogen-bond donors (Lipinski definition) is 2. The third kappa shape index (κ3) is 5.13. The molecule has 0 aliphatic rings. The number of amides is 1. The van der Waals surface area contributed by atoms with Crippen molar-refractivity contribution in [2.24, 2.45) is 10.7 Å². The van der Waals surface area contributed by atoms with Gasteiger partial charge in [0.15, 0.2) is 11.5 Å². The number of methoxy groups -OCH3 is 2. The highest BCUT2D eigenvalue weighted by Gasteiger charge is 2.11. The molecule has 0 heterocycles. The second kappa shape index (κ2) is 9.68. The summed E-state index contributed by atoms with van der Waals surface area (Å²) in [6.45, 7) is 0.470. The minimum absolute atomic E-state index is 0.106. The van der Waals surface area contributed by atoms with E-state index in [-0.39, 0.29) is 17.6 Å². The third-order valence-corrected chi connectivity index (χ3v) is 3.97. The van der Waals surface area contributed by atoms with Gasteiger partial charge in [0.1, 0.15) is 5.84 Å². The number of ether oxygens (including phenoxy) is 2. The summed E-state index contributed by atoms with van der Waals surface area (Å²) in [5.74, 6) is 1.48. The first kappa shape index (κ1) is 19.6. The van der Waals surface area contributed by atoms with Crippen LogP contribution in [0.4, 0.5) is 5.69 Å². The van der Waals surface area contributed by atoms with Crippen molar-refractivity contribution >= 4 is 29.0 Å². The SMILES string of the molecule is COc1ccc(CCNC(=O)c2ccccc2N=C(N)CCl)cc1OC. The van der Waals surface area contributed by atoms with Gasteiger partial charge in [-0.2, -0.15) is 0 Å². The molecule has 0 spiro atoms. The number of aliphatic imine (C=N–C) groups is 1. The first-order valence-electron chi connectivity index (χ1n) is 8.06. The quantitative estimate of drug-likeness (QED) is 0.422. The van der Waals surface area contributed by atoms with Gasteiger partial charge in [0.05, 0.1) is 31.4 Å². The Morgan fingerprint density at radius 2 is 1.88 bits per heavy atom. The maximum absolute atomic E-state index is 12.5. The Morgan fingerprint density at radius 1 is 1.15 bits per heavy atom. The van der Waals surface area contributed by atoms with Crippen molar-refractivity contribution in [2.75, 3.05) is 26.6 Å². The van der Waals surface area contributed by atoms with Gasteiger partial charge in [0.25, 0.3) is 5.91 Å². The predicted molar refractivity (Wildman–Crippen MR) is 104 cm³/mol. The second-order valence-corrected chi connectivity index (χ2v) is 5.72. The summed E-state index contributed by atoms with van der Waals surface area (Å²) in [4.78, 5) is 16.6. The average Bonchev–Trinajstić information content (AvgIpc) is 2.67. The van der Waals surface area contributed by atoms with E-state index >= 15 is 0 Å². The number of nitrogens with one attached hydrogen (secondary N) is 1. The number of halogens is 1. The molecule has 26 heavy (non-hydrogen) atoms. The molecule has 6 nitrogen and oxygen atoms in total. The third-order valence-electron chi connectivity index (χ3n) is 3.70. The second-order valence-electron chi connectivity index (χ2n) is 5.45. The summed E-state index contributed by atoms with van der Waals surface area (Å²) in [5.41, 5.74) is 7.64. The van der Waals surface area contributed by atoms with E-state index < -0.39 is 0 Å². The zero-order valence-electron chi connectivity index (χ0n) is 14.8. The molecule has 0 radical (unpaired) electrons. The number of amidine groups is 1. The number of carbonyl (C=O) groups excluding carboxylic acids is 1. The van der Waals surface area contributed by atoms with Gasteiger partial charge in [0, 0.05) is 6.54 Å². The van der Waals surface area contributed by atoms with Crippen molar-refractivity contribution < 1.29 is 14.3 Å². The van der Waals surface area contributed by atoms with Gasteiger partial charge in [-0.3, -0.25) is 4.79 Å². The van der Waals surface area contributed by atoms with Crippen LogP contribution in [0, 0.1) is 0 Å². The largest absolute Gasteiger partial charge is 0.493 e. The lowest BCUT2D eigenvalue weighted by molar-refractivity contribution is 0.0955. The molecule has 0 fully saturated rings. The molecular weight excluding hydrogens is 354 g/mol. The Balaban J connectivity index is 2.02. The molecule has 7 heteroatoms. The number of carbonyl (C=O) groups is 1. The van der Waals surface area contributed by atoms with Crippen LogP contribution in [0.5, 0.6) is 11.5 Å². The fraction of sp³-hybridized carbons (Fsp3) is 0.263. The van der Waals surface area contributed by atoms with Crippen molar-refractivity contribution in [3.63, 3.8) is 0 Å². The monoisotopic (exact) mass is 375 g/mol. The van der Waals surface area contributed by atoms with Gasteiger partial charge < -0.3 is 20.5 Å². The van der Waals surface area contributed by atoms with Crippen LogP contribution in [-0.4, -0.2) is 38.4 Å². The van der Waals surface area contributed by atoms with E-state index in [1.165, 1.54) is 0 Å². The first-order valence-corrected chi connectivity index (χ1v) is 8.59. The van der Waals surface area contributed by atoms with Gasteiger partial charge in [-0.15, -0.1) is 11.6 Å². The van der Waals surface area contributed by atoms with Gasteiger partial charge in [-0.25, -0.2) is 4.99 Å². The van der Waals surface area contributed by atoms with Crippen LogP contribution >= 0.6 is 11.6 Å². The molecular formula is C19H22ClN3O3. The maximum atomic E-state index is 12.5. The molecule has 0 aliphatic carbocycles. The summed E-state index contributed by atoms with van der Waals surface area (Å²) in [5, 5.41) is 2.89. The molecule has 3 N–H and O–H groups in total. The van der Waals surface area contributed by atoms with Crippen LogP contribution in [0.3, 0.4) is 0 Å². The molecule has 0 unspecified atom stereocenters. The van der Waals surface area contributed by atoms with Crippen LogP contribution in [0.1, 0.15) is 15.9 Å². The van der Waals surface area contributed by atoms with Crippen molar-refractivity contribution in [2.45, 2.75) is 6.42 Å². The number of nitrogens with two attached hydrogens (primary N) is 1. The number of benzene rings is 2. The summed E-state index contributed by atoms with van der Waals surface area (Å²) >= 11 is 5.66. The number of rotatable bonds is 8. The minimum Gasteiger partial charge on any atom is -0.493 e. The van der Waals surface area contributed by atoms with Crippen molar-refractivity contribution in [1.29, 1.82) is 0 Å². The molecule has 2 rings (SSSR count). The number of hydrogen-bond acceptors (Lipinski definition) is 4. The van der Waals surface area contributed by atoms with E-state index in [1.54, 1.807) is 38.5 Å². The zero-order valence-corrected chi connectivity index (χ0v) is 15.5. The van der Waals surface area contributed by atoms with Crippen molar-refractivity contribution in [3.8, 4) is 11.5 Å². The Labute approximate surface area is 158 Å². The molecule has 0 saturated carbocycles. The molecule has 0 aliphatic heterocycles. The Morgan fingerprint density at radius 3 is 2.58 bits per heavy atom. The van der Waals surface area contributed by atoms with Gasteiger partial charge in [-0.1, -0.05) is 18.2 Å². The van der Waals surface area contributed by atoms with E-state index in [0.717, 1.165) is 5.56 Å². The van der Waals surface area contributed by atoms with Gasteiger partial charge >= 0.3 is 0 Å². The summed E-state index contributed by atoms with van der Waals surface area (Å²) in [6.07, 6.45) is 0.654. The minimum atomic E-state index is -0.216. The highest BCUT2D eigenvalue weighted by atomic mass is 35.5. The van der Waals surface area contributed by atoms with Crippen molar-refractivity contribution in [1.82, 2.24) is 5.32 Å². The molecule has 0 bridgehead atoms. The summed E-state index contributed by atoms with van der Waals surface area (Å²) in [6, 6.07) is 12.7. The topological polar surface area (TPSA) is 85.9 Å². The van der Waals surface area contributed by atoms with Crippen LogP contribution < -0.4 is 20.5 Å². The summed E-state index contributed by atoms with van der Waals surface area (Å²) < 4.78 is 10.5. The lowest BCUT2D eigenvalue weighted by Crippen LogP contribution is -2.26. The Kier molecular flexibility index (Phi) is 7.29. The van der Waals surface area contributed by atoms with E-state index in [2.05, 4.69) is 10.3 Å². The lowest BCUT2D eigenvalue weighted by Gasteiger charge is -2.11. The molecule has 2 aromatic rings. The van der Waals surface area contributed by atoms with Gasteiger partial charge in [0.2, 0.25) is 0 Å². The fourth-order valence-electron chi connectivity index (χ4n) is 2.40. The Hall–Kier alpha value is -2.73. The van der Waals surface area contributed by atoms with Gasteiger partial charge in [-0.05, 0) is 36.2 Å². The standard InChI is InChI=1S/C19H22ClN3O3/c1-25-16-8-7-13(11-17(16)26-2)9-10-22-19(24)14-5-3-4-6-15(14)23-18(21)12-20/h3-8,11H,9-10,12H2,1-2H3,(H2,21,23)(H,22,24). The molecule has 1 amide bonds. The molecule has 138 valence electrons. The average molecular weight is 376 g/mol. The molecule has 0 saturated heterocycles. The summed E-state index contributed by atoms with van der Waals surface area (Å²) in [7, 11) is 3.18. The highest BCUT2D eigenvalue weighted by molar-refractivity contribution is 6.28. The van der Waals surface area contributed by atoms with Crippen LogP contribution in [-0.2, 0) is 6.42 Å². The fourth-order valence-corrected chi connectivity index (χ4v) is 2.46. The van der Waals surface area contributed by atoms with Crippen molar-refractivity contribution in [3.05, 3.63) is 53.6 Å². The smallest absolute Gasteiger partial charge is 0.253 e. The molecule has 0 aromatic heterocycles. The molecule has 0 atom stereocenters. The predicted octanol–water partition coefficient (Wildman–Crippen LogP) is 2.90. The van der Waals surface area contributed by atoms with Crippen LogP contribution in [0.25, 0.3) is 0 Å². The van der Waals surface area contributed by atoms with E-state index in [0.29, 0.717) is 35.7 Å². The maximum Gasteiger partial charge on any atom is 0.253 e.